The molecule has 2 aromatic heterocycles. The Morgan fingerprint density at radius 2 is 2.04 bits per heavy atom. The number of benzene rings is 1. The number of fused-ring (bicyclic) bond motifs is 1. The Hall–Kier alpha value is -2.62. The highest BCUT2D eigenvalue weighted by atomic mass is 16.2. The van der Waals surface area contributed by atoms with Gasteiger partial charge in [0.15, 0.2) is 0 Å². The van der Waals surface area contributed by atoms with Crippen molar-refractivity contribution in [1.29, 1.82) is 0 Å². The Morgan fingerprint density at radius 3 is 2.88 bits per heavy atom. The van der Waals surface area contributed by atoms with E-state index in [2.05, 4.69) is 17.1 Å². The first-order valence-electron chi connectivity index (χ1n) is 8.95. The monoisotopic (exact) mass is 333 g/mol. The van der Waals surface area contributed by atoms with Crippen LogP contribution in [0.15, 0.2) is 54.9 Å². The van der Waals surface area contributed by atoms with Crippen LogP contribution in [0.1, 0.15) is 28.9 Å². The second-order valence-electron chi connectivity index (χ2n) is 6.96. The van der Waals surface area contributed by atoms with Gasteiger partial charge in [-0.25, -0.2) is 0 Å². The van der Waals surface area contributed by atoms with E-state index in [0.717, 1.165) is 54.5 Å². The fourth-order valence-electron chi connectivity index (χ4n) is 3.91. The molecule has 1 atom stereocenters. The van der Waals surface area contributed by atoms with Crippen molar-refractivity contribution < 1.29 is 4.79 Å². The van der Waals surface area contributed by atoms with Crippen LogP contribution in [0.3, 0.4) is 0 Å². The van der Waals surface area contributed by atoms with Crippen molar-refractivity contribution in [3.63, 3.8) is 0 Å². The largest absolute Gasteiger partial charge is 0.350 e. The van der Waals surface area contributed by atoms with E-state index in [1.165, 1.54) is 0 Å². The minimum Gasteiger partial charge on any atom is -0.350 e. The molecule has 0 aliphatic carbocycles. The number of amides is 1. The van der Waals surface area contributed by atoms with Gasteiger partial charge in [0.1, 0.15) is 0 Å². The summed E-state index contributed by atoms with van der Waals surface area (Å²) in [6.07, 6.45) is 6.98. The Balaban J connectivity index is 1.53. The van der Waals surface area contributed by atoms with Gasteiger partial charge in [-0.2, -0.15) is 0 Å². The molecule has 1 aliphatic rings. The third-order valence-corrected chi connectivity index (χ3v) is 5.16. The number of aromatic nitrogens is 2. The van der Waals surface area contributed by atoms with Gasteiger partial charge >= 0.3 is 0 Å². The summed E-state index contributed by atoms with van der Waals surface area (Å²) in [5.74, 6) is 0.644. The average molecular weight is 333 g/mol. The van der Waals surface area contributed by atoms with Crippen LogP contribution in [0.4, 0.5) is 0 Å². The zero-order valence-electron chi connectivity index (χ0n) is 14.6. The summed E-state index contributed by atoms with van der Waals surface area (Å²) in [7, 11) is 2.00. The van der Waals surface area contributed by atoms with Gasteiger partial charge in [-0.1, -0.05) is 24.3 Å². The lowest BCUT2D eigenvalue weighted by atomic mass is 9.92. The molecule has 4 rings (SSSR count). The lowest BCUT2D eigenvalue weighted by Crippen LogP contribution is -2.40. The SMILES string of the molecule is Cn1cc(C(=O)N2CCC[C@@H](Cc3ccccn3)C2)c2ccccc21. The Kier molecular flexibility index (Phi) is 4.26. The number of hydrogen-bond donors (Lipinski definition) is 0. The molecule has 0 bridgehead atoms. The summed E-state index contributed by atoms with van der Waals surface area (Å²) in [6.45, 7) is 1.67. The molecule has 3 aromatic rings. The van der Waals surface area contributed by atoms with Crippen molar-refractivity contribution >= 4 is 16.8 Å². The van der Waals surface area contributed by atoms with E-state index in [9.17, 15) is 4.79 Å². The Morgan fingerprint density at radius 1 is 1.20 bits per heavy atom. The van der Waals surface area contributed by atoms with E-state index in [0.29, 0.717) is 5.92 Å². The van der Waals surface area contributed by atoms with E-state index < -0.39 is 0 Å². The first-order valence-corrected chi connectivity index (χ1v) is 8.95. The number of carbonyl (C=O) groups is 1. The van der Waals surface area contributed by atoms with Crippen molar-refractivity contribution in [3.8, 4) is 0 Å². The zero-order chi connectivity index (χ0) is 17.2. The highest BCUT2D eigenvalue weighted by molar-refractivity contribution is 6.07. The molecule has 0 N–H and O–H groups in total. The van der Waals surface area contributed by atoms with Gasteiger partial charge in [0, 0.05) is 49.1 Å². The maximum atomic E-state index is 13.1. The number of likely N-dealkylation sites (tertiary alicyclic amines) is 1. The topological polar surface area (TPSA) is 38.1 Å². The molecule has 1 saturated heterocycles. The number of rotatable bonds is 3. The number of nitrogens with zero attached hydrogens (tertiary/aromatic N) is 3. The Bertz CT molecular complexity index is 885. The van der Waals surface area contributed by atoms with Crippen molar-refractivity contribution in [2.45, 2.75) is 19.3 Å². The lowest BCUT2D eigenvalue weighted by Gasteiger charge is -2.32. The van der Waals surface area contributed by atoms with Crippen LogP contribution in [0, 0.1) is 5.92 Å². The predicted octanol–water partition coefficient (Wildman–Crippen LogP) is 3.67. The molecule has 3 heterocycles. The summed E-state index contributed by atoms with van der Waals surface area (Å²) in [6, 6.07) is 14.2. The summed E-state index contributed by atoms with van der Waals surface area (Å²) in [5, 5.41) is 1.04. The summed E-state index contributed by atoms with van der Waals surface area (Å²) in [5.41, 5.74) is 3.04. The Labute approximate surface area is 148 Å². The molecular weight excluding hydrogens is 310 g/mol. The second-order valence-corrected chi connectivity index (χ2v) is 6.96. The molecule has 1 fully saturated rings. The smallest absolute Gasteiger partial charge is 0.256 e. The fourth-order valence-corrected chi connectivity index (χ4v) is 3.91. The van der Waals surface area contributed by atoms with Gasteiger partial charge in [0.2, 0.25) is 0 Å². The maximum Gasteiger partial charge on any atom is 0.256 e. The number of hydrogen-bond acceptors (Lipinski definition) is 2. The van der Waals surface area contributed by atoms with Gasteiger partial charge < -0.3 is 9.47 Å². The zero-order valence-corrected chi connectivity index (χ0v) is 14.6. The third-order valence-electron chi connectivity index (χ3n) is 5.16. The summed E-state index contributed by atoms with van der Waals surface area (Å²) in [4.78, 5) is 19.6. The molecule has 0 saturated carbocycles. The average Bonchev–Trinajstić information content (AvgIpc) is 2.99. The van der Waals surface area contributed by atoms with E-state index in [1.54, 1.807) is 0 Å². The van der Waals surface area contributed by atoms with Gasteiger partial charge in [-0.05, 0) is 43.4 Å². The van der Waals surface area contributed by atoms with E-state index in [1.807, 2.05) is 59.2 Å². The van der Waals surface area contributed by atoms with Gasteiger partial charge in [-0.3, -0.25) is 9.78 Å². The molecule has 0 spiro atoms. The van der Waals surface area contributed by atoms with Gasteiger partial charge in [-0.15, -0.1) is 0 Å². The fraction of sp³-hybridized carbons (Fsp3) is 0.333. The normalized spacial score (nSPS) is 17.8. The standard InChI is InChI=1S/C21H23N3O/c1-23-15-19(18-9-2-3-10-20(18)23)21(25)24-12-6-7-16(14-24)13-17-8-4-5-11-22-17/h2-5,8-11,15-16H,6-7,12-14H2,1H3/t16-/m0/s1. The number of aryl methyl sites for hydroxylation is 1. The van der Waals surface area contributed by atoms with E-state index in [4.69, 9.17) is 0 Å². The van der Waals surface area contributed by atoms with E-state index in [-0.39, 0.29) is 5.91 Å². The van der Waals surface area contributed by atoms with Crippen molar-refractivity contribution in [2.24, 2.45) is 13.0 Å². The van der Waals surface area contributed by atoms with Crippen molar-refractivity contribution in [2.75, 3.05) is 13.1 Å². The number of carbonyl (C=O) groups excluding carboxylic acids is 1. The third kappa shape index (κ3) is 3.16. The molecule has 0 unspecified atom stereocenters. The summed E-state index contributed by atoms with van der Waals surface area (Å²) < 4.78 is 2.04. The molecular formula is C21H23N3O. The molecule has 1 amide bonds. The predicted molar refractivity (Wildman–Crippen MR) is 99.5 cm³/mol. The minimum atomic E-state index is 0.155. The molecule has 128 valence electrons. The molecule has 1 aromatic carbocycles. The van der Waals surface area contributed by atoms with Crippen molar-refractivity contribution in [1.82, 2.24) is 14.5 Å². The molecule has 0 radical (unpaired) electrons. The molecule has 1 aliphatic heterocycles. The van der Waals surface area contributed by atoms with Crippen LogP contribution in [-0.2, 0) is 13.5 Å². The summed E-state index contributed by atoms with van der Waals surface area (Å²) >= 11 is 0. The number of piperidine rings is 1. The highest BCUT2D eigenvalue weighted by Crippen LogP contribution is 2.25. The minimum absolute atomic E-state index is 0.155. The molecule has 25 heavy (non-hydrogen) atoms. The first-order chi connectivity index (χ1) is 12.2. The first kappa shape index (κ1) is 15.9. The van der Waals surface area contributed by atoms with E-state index >= 15 is 0 Å². The van der Waals surface area contributed by atoms with Crippen LogP contribution in [-0.4, -0.2) is 33.4 Å². The van der Waals surface area contributed by atoms with Crippen LogP contribution in [0.2, 0.25) is 0 Å². The lowest BCUT2D eigenvalue weighted by molar-refractivity contribution is 0.0674. The van der Waals surface area contributed by atoms with Gasteiger partial charge in [0.25, 0.3) is 5.91 Å². The van der Waals surface area contributed by atoms with Crippen LogP contribution < -0.4 is 0 Å². The van der Waals surface area contributed by atoms with Crippen molar-refractivity contribution in [3.05, 3.63) is 66.1 Å². The maximum absolute atomic E-state index is 13.1. The number of pyridine rings is 1. The highest BCUT2D eigenvalue weighted by Gasteiger charge is 2.26. The van der Waals surface area contributed by atoms with Crippen LogP contribution in [0.25, 0.3) is 10.9 Å². The van der Waals surface area contributed by atoms with Crippen LogP contribution >= 0.6 is 0 Å². The quantitative estimate of drug-likeness (QED) is 0.733. The number of para-hydroxylation sites is 1. The van der Waals surface area contributed by atoms with Crippen LogP contribution in [0.5, 0.6) is 0 Å². The molecule has 4 nitrogen and oxygen atoms in total. The second kappa shape index (κ2) is 6.71. The van der Waals surface area contributed by atoms with Gasteiger partial charge in [0.05, 0.1) is 5.56 Å². The molecule has 4 heteroatoms.